The summed E-state index contributed by atoms with van der Waals surface area (Å²) in [6.07, 6.45) is -0.940. The molecule has 0 aliphatic heterocycles. The van der Waals surface area contributed by atoms with Gasteiger partial charge in [-0.1, -0.05) is 140 Å². The molecule has 1 amide bonds. The van der Waals surface area contributed by atoms with E-state index in [2.05, 4.69) is 5.32 Å². The SMILES string of the molecule is [2H]C(OC(=O)N[C@@H](CSC(c1ccccc1)(c1ccccc1)c1ccccc1)C(=O)O)C1c2ccccc2-c2ccccc21. The third-order valence-corrected chi connectivity index (χ3v) is 9.43. The van der Waals surface area contributed by atoms with Crippen molar-refractivity contribution in [1.82, 2.24) is 5.32 Å². The number of rotatable bonds is 10. The van der Waals surface area contributed by atoms with Gasteiger partial charge < -0.3 is 15.2 Å². The second-order valence-corrected chi connectivity index (χ2v) is 11.6. The number of alkyl carbamates (subject to hydrolysis) is 1. The molecule has 0 heterocycles. The lowest BCUT2D eigenvalue weighted by Gasteiger charge is -2.36. The lowest BCUT2D eigenvalue weighted by Crippen LogP contribution is -2.44. The third kappa shape index (κ3) is 5.66. The Labute approximate surface area is 257 Å². The van der Waals surface area contributed by atoms with Crippen molar-refractivity contribution >= 4 is 23.8 Å². The molecule has 0 aromatic heterocycles. The van der Waals surface area contributed by atoms with E-state index < -0.39 is 35.4 Å². The normalized spacial score (nSPS) is 14.1. The summed E-state index contributed by atoms with van der Waals surface area (Å²) in [5.74, 6) is -1.62. The third-order valence-electron chi connectivity index (χ3n) is 7.79. The van der Waals surface area contributed by atoms with Gasteiger partial charge in [-0.05, 0) is 38.9 Å². The van der Waals surface area contributed by atoms with Crippen molar-refractivity contribution in [2.75, 3.05) is 12.3 Å². The highest BCUT2D eigenvalue weighted by atomic mass is 32.2. The molecule has 5 aromatic rings. The van der Waals surface area contributed by atoms with Crippen LogP contribution in [0.25, 0.3) is 11.1 Å². The van der Waals surface area contributed by atoms with E-state index in [-0.39, 0.29) is 5.75 Å². The number of hydrogen-bond donors (Lipinski definition) is 2. The monoisotopic (exact) mass is 586 g/mol. The zero-order valence-electron chi connectivity index (χ0n) is 24.3. The maximum Gasteiger partial charge on any atom is 0.407 e. The Hall–Kier alpha value is -4.81. The fourth-order valence-electron chi connectivity index (χ4n) is 5.80. The number of nitrogens with one attached hydrogen (secondary N) is 1. The summed E-state index contributed by atoms with van der Waals surface area (Å²) in [5.41, 5.74) is 6.79. The van der Waals surface area contributed by atoms with E-state index in [1.165, 1.54) is 11.8 Å². The Morgan fingerprint density at radius 3 is 1.58 bits per heavy atom. The first-order valence-corrected chi connectivity index (χ1v) is 15.1. The highest BCUT2D eigenvalue weighted by molar-refractivity contribution is 8.00. The number of thioether (sulfide) groups is 1. The maximum atomic E-state index is 13.2. The molecule has 1 aliphatic carbocycles. The molecule has 0 bridgehead atoms. The topological polar surface area (TPSA) is 75.6 Å². The molecular formula is C37H31NO4S. The van der Waals surface area contributed by atoms with Crippen LogP contribution in [-0.4, -0.2) is 35.5 Å². The van der Waals surface area contributed by atoms with Gasteiger partial charge in [0.1, 0.15) is 12.6 Å². The van der Waals surface area contributed by atoms with Crippen molar-refractivity contribution in [2.45, 2.75) is 16.7 Å². The van der Waals surface area contributed by atoms with Crippen molar-refractivity contribution in [3.63, 3.8) is 0 Å². The van der Waals surface area contributed by atoms with Crippen LogP contribution in [0.5, 0.6) is 0 Å². The molecule has 5 nitrogen and oxygen atoms in total. The maximum absolute atomic E-state index is 13.2. The Morgan fingerprint density at radius 1 is 0.721 bits per heavy atom. The minimum absolute atomic E-state index is 0.0425. The second kappa shape index (κ2) is 12.6. The van der Waals surface area contributed by atoms with Gasteiger partial charge in [0, 0.05) is 11.7 Å². The first-order valence-electron chi connectivity index (χ1n) is 14.7. The highest BCUT2D eigenvalue weighted by Crippen LogP contribution is 2.49. The fraction of sp³-hybridized carbons (Fsp3) is 0.135. The number of carbonyl (C=O) groups is 2. The van der Waals surface area contributed by atoms with E-state index >= 15 is 0 Å². The first kappa shape index (κ1) is 27.0. The molecule has 2 N–H and O–H groups in total. The van der Waals surface area contributed by atoms with E-state index in [0.717, 1.165) is 38.9 Å². The quantitative estimate of drug-likeness (QED) is 0.164. The zero-order valence-corrected chi connectivity index (χ0v) is 24.1. The summed E-state index contributed by atoms with van der Waals surface area (Å²) in [4.78, 5) is 25.7. The van der Waals surface area contributed by atoms with Crippen molar-refractivity contribution in [3.05, 3.63) is 167 Å². The molecule has 6 rings (SSSR count). The van der Waals surface area contributed by atoms with Crippen LogP contribution in [0.15, 0.2) is 140 Å². The van der Waals surface area contributed by atoms with Crippen LogP contribution in [0.3, 0.4) is 0 Å². The zero-order chi connectivity index (χ0) is 30.5. The lowest BCUT2D eigenvalue weighted by molar-refractivity contribution is -0.138. The van der Waals surface area contributed by atoms with Gasteiger partial charge in [-0.2, -0.15) is 0 Å². The van der Waals surface area contributed by atoms with Crippen LogP contribution in [0, 0.1) is 0 Å². The van der Waals surface area contributed by atoms with Crippen LogP contribution >= 0.6 is 11.8 Å². The summed E-state index contributed by atoms with van der Waals surface area (Å²) < 4.78 is 13.6. The molecule has 5 aromatic carbocycles. The Bertz CT molecular complexity index is 1610. The van der Waals surface area contributed by atoms with Crippen molar-refractivity contribution in [3.8, 4) is 11.1 Å². The summed E-state index contributed by atoms with van der Waals surface area (Å²) in [6.45, 7) is -1.26. The molecule has 0 saturated heterocycles. The molecule has 2 atom stereocenters. The molecule has 0 saturated carbocycles. The number of carboxylic acid groups (broad SMARTS) is 1. The first-order chi connectivity index (χ1) is 21.5. The van der Waals surface area contributed by atoms with Crippen molar-refractivity contribution in [2.24, 2.45) is 0 Å². The van der Waals surface area contributed by atoms with Crippen LogP contribution in [-0.2, 0) is 14.3 Å². The lowest BCUT2D eigenvalue weighted by atomic mass is 9.84. The minimum Gasteiger partial charge on any atom is -0.480 e. The number of amides is 1. The average Bonchev–Trinajstić information content (AvgIpc) is 3.40. The minimum atomic E-state index is -1.27. The van der Waals surface area contributed by atoms with Gasteiger partial charge in [0.25, 0.3) is 0 Å². The summed E-state index contributed by atoms with van der Waals surface area (Å²) in [6, 6.07) is 44.2. The summed E-state index contributed by atoms with van der Waals surface area (Å²) in [5, 5.41) is 12.8. The van der Waals surface area contributed by atoms with Gasteiger partial charge >= 0.3 is 12.1 Å². The molecule has 0 fully saturated rings. The Kier molecular flexibility index (Phi) is 7.92. The smallest absolute Gasteiger partial charge is 0.407 e. The van der Waals surface area contributed by atoms with Gasteiger partial charge in [0.05, 0.1) is 6.12 Å². The van der Waals surface area contributed by atoms with Gasteiger partial charge in [0.2, 0.25) is 0 Å². The van der Waals surface area contributed by atoms with Crippen LogP contribution in [0.2, 0.25) is 0 Å². The Morgan fingerprint density at radius 2 is 1.14 bits per heavy atom. The standard InChI is InChI=1S/C37H31NO4S/c39-35(40)34(38-36(41)42-24-33-31-22-12-10-20-29(31)30-21-11-13-23-32(30)33)25-43-37(26-14-4-1-5-15-26,27-16-6-2-7-17-27)28-18-8-3-9-19-28/h1-23,33-34H,24-25H2,(H,38,41)(H,39,40)/t34-/m0/s1/i24D/t24?,34-. The van der Waals surface area contributed by atoms with Gasteiger partial charge in [-0.25, -0.2) is 9.59 Å². The number of carbonyl (C=O) groups excluding carboxylic acids is 1. The Balaban J connectivity index is 1.25. The molecule has 214 valence electrons. The highest BCUT2D eigenvalue weighted by Gasteiger charge is 2.39. The molecule has 0 radical (unpaired) electrons. The van der Waals surface area contributed by atoms with E-state index in [4.69, 9.17) is 6.11 Å². The predicted octanol–water partition coefficient (Wildman–Crippen LogP) is 7.70. The molecule has 0 spiro atoms. The number of aliphatic carboxylic acids is 1. The van der Waals surface area contributed by atoms with Gasteiger partial charge in [-0.15, -0.1) is 11.8 Å². The number of carboxylic acids is 1. The fourth-order valence-corrected chi connectivity index (χ4v) is 7.35. The second-order valence-electron chi connectivity index (χ2n) is 10.3. The number of fused-ring (bicyclic) bond motifs is 3. The van der Waals surface area contributed by atoms with Crippen LogP contribution in [0.1, 0.15) is 35.1 Å². The van der Waals surface area contributed by atoms with Crippen molar-refractivity contribution < 1.29 is 20.8 Å². The van der Waals surface area contributed by atoms with Gasteiger partial charge in [-0.3, -0.25) is 0 Å². The molecule has 6 heteroatoms. The van der Waals surface area contributed by atoms with Gasteiger partial charge in [0.15, 0.2) is 0 Å². The number of benzene rings is 5. The molecule has 1 aliphatic rings. The summed E-state index contributed by atoms with van der Waals surface area (Å²) in [7, 11) is 0. The number of hydrogen-bond acceptors (Lipinski definition) is 4. The van der Waals surface area contributed by atoms with Crippen molar-refractivity contribution in [1.29, 1.82) is 0 Å². The van der Waals surface area contributed by atoms with Crippen LogP contribution in [0.4, 0.5) is 4.79 Å². The molecule has 1 unspecified atom stereocenters. The number of ether oxygens (including phenoxy) is 1. The van der Waals surface area contributed by atoms with E-state index in [9.17, 15) is 14.7 Å². The largest absolute Gasteiger partial charge is 0.480 e. The van der Waals surface area contributed by atoms with E-state index in [0.29, 0.717) is 0 Å². The molecule has 43 heavy (non-hydrogen) atoms. The summed E-state index contributed by atoms with van der Waals surface area (Å²) >= 11 is 1.43. The predicted molar refractivity (Wildman–Crippen MR) is 171 cm³/mol. The molecular weight excluding hydrogens is 554 g/mol. The van der Waals surface area contributed by atoms with Crippen LogP contribution < -0.4 is 5.32 Å². The van der Waals surface area contributed by atoms with E-state index in [1.807, 2.05) is 140 Å². The van der Waals surface area contributed by atoms with E-state index in [1.54, 1.807) is 0 Å². The average molecular weight is 587 g/mol.